The summed E-state index contributed by atoms with van der Waals surface area (Å²) in [5.41, 5.74) is 13.2. The van der Waals surface area contributed by atoms with E-state index < -0.39 is 5.91 Å². The number of amides is 2. The van der Waals surface area contributed by atoms with Crippen LogP contribution in [0.4, 0.5) is 11.6 Å². The Bertz CT molecular complexity index is 1360. The van der Waals surface area contributed by atoms with Gasteiger partial charge in [-0.05, 0) is 18.9 Å². The Morgan fingerprint density at radius 3 is 2.63 bits per heavy atom. The van der Waals surface area contributed by atoms with Gasteiger partial charge in [-0.25, -0.2) is 9.97 Å². The predicted molar refractivity (Wildman–Crippen MR) is 140 cm³/mol. The van der Waals surface area contributed by atoms with Gasteiger partial charge in [0.25, 0.3) is 5.91 Å². The van der Waals surface area contributed by atoms with E-state index in [9.17, 15) is 9.59 Å². The molecule has 0 atom stereocenters. The summed E-state index contributed by atoms with van der Waals surface area (Å²) >= 11 is 2.09. The Labute approximate surface area is 214 Å². The van der Waals surface area contributed by atoms with Crippen LogP contribution in [0.5, 0.6) is 0 Å². The van der Waals surface area contributed by atoms with Crippen LogP contribution >= 0.6 is 22.6 Å². The number of nitrogen functional groups attached to an aromatic ring is 2. The molecule has 182 valence electrons. The van der Waals surface area contributed by atoms with Gasteiger partial charge in [-0.3, -0.25) is 14.3 Å². The van der Waals surface area contributed by atoms with Crippen molar-refractivity contribution in [3.63, 3.8) is 0 Å². The summed E-state index contributed by atoms with van der Waals surface area (Å²) in [6.45, 7) is 1.72. The van der Waals surface area contributed by atoms with E-state index in [4.69, 9.17) is 11.5 Å². The highest BCUT2D eigenvalue weighted by Gasteiger charge is 2.41. The van der Waals surface area contributed by atoms with Gasteiger partial charge in [-0.1, -0.05) is 40.8 Å². The van der Waals surface area contributed by atoms with Crippen molar-refractivity contribution in [2.45, 2.75) is 22.8 Å². The number of nitrogens with zero attached hydrogens (tertiary/aromatic N) is 6. The van der Waals surface area contributed by atoms with Crippen molar-refractivity contribution in [3.8, 4) is 0 Å². The smallest absolute Gasteiger partial charge is 0.302 e. The molecule has 2 fully saturated rings. The molecule has 4 heterocycles. The third kappa shape index (κ3) is 4.24. The van der Waals surface area contributed by atoms with Crippen molar-refractivity contribution >= 4 is 62.9 Å². The molecule has 0 unspecified atom stereocenters. The maximum atomic E-state index is 13.2. The van der Waals surface area contributed by atoms with E-state index in [0.717, 1.165) is 10.9 Å². The Balaban J connectivity index is 1.26. The Morgan fingerprint density at radius 2 is 1.89 bits per heavy atom. The van der Waals surface area contributed by atoms with Crippen molar-refractivity contribution in [1.29, 1.82) is 0 Å². The van der Waals surface area contributed by atoms with Crippen molar-refractivity contribution in [2.24, 2.45) is 12.0 Å². The molecule has 6 N–H and O–H groups in total. The van der Waals surface area contributed by atoms with Crippen LogP contribution in [0.15, 0.2) is 29.3 Å². The fraction of sp³-hybridized carbons (Fsp3) is 0.364. The molecule has 2 aromatic heterocycles. The number of benzene rings is 1. The van der Waals surface area contributed by atoms with Gasteiger partial charge in [0.15, 0.2) is 23.2 Å². The van der Waals surface area contributed by atoms with Crippen LogP contribution in [-0.4, -0.2) is 67.6 Å². The normalized spacial score (nSPS) is 18.1. The minimum atomic E-state index is -0.595. The molecule has 2 saturated heterocycles. The second-order valence-corrected chi connectivity index (χ2v) is 9.49. The second-order valence-electron chi connectivity index (χ2n) is 8.73. The van der Waals surface area contributed by atoms with Crippen molar-refractivity contribution in [3.05, 3.63) is 41.3 Å². The van der Waals surface area contributed by atoms with Gasteiger partial charge >= 0.3 is 5.91 Å². The van der Waals surface area contributed by atoms with E-state index in [1.54, 1.807) is 4.68 Å². The maximum Gasteiger partial charge on any atom is 0.302 e. The first-order valence-electron chi connectivity index (χ1n) is 11.1. The third-order valence-electron chi connectivity index (χ3n) is 6.51. The zero-order valence-corrected chi connectivity index (χ0v) is 21.2. The van der Waals surface area contributed by atoms with E-state index in [-0.39, 0.29) is 28.8 Å². The number of hydrogen-bond donors (Lipinski definition) is 4. The highest BCUT2D eigenvalue weighted by atomic mass is 127. The fourth-order valence-corrected chi connectivity index (χ4v) is 5.09. The molecule has 1 spiro atoms. The molecule has 35 heavy (non-hydrogen) atoms. The van der Waals surface area contributed by atoms with E-state index in [2.05, 4.69) is 53.3 Å². The number of anilines is 2. The average molecular weight is 588 g/mol. The zero-order chi connectivity index (χ0) is 24.7. The highest BCUT2D eigenvalue weighted by molar-refractivity contribution is 14.1. The fourth-order valence-electron chi connectivity index (χ4n) is 4.53. The lowest BCUT2D eigenvalue weighted by Crippen LogP contribution is -2.53. The van der Waals surface area contributed by atoms with Crippen LogP contribution in [0.1, 0.15) is 39.5 Å². The van der Waals surface area contributed by atoms with Crippen LogP contribution < -0.4 is 22.1 Å². The summed E-state index contributed by atoms with van der Waals surface area (Å²) in [5, 5.41) is 11.8. The molecule has 2 aliphatic rings. The summed E-state index contributed by atoms with van der Waals surface area (Å²) in [5.74, 6) is -0.151. The number of carbonyl (C=O) groups is 2. The lowest BCUT2D eigenvalue weighted by atomic mass is 9.88. The highest BCUT2D eigenvalue weighted by Crippen LogP contribution is 2.27. The number of aryl methyl sites for hydroxylation is 1. The SMILES string of the molecule is Cn1nc(C(=O)N2CCC3(CC2)CN/C(=N\C(=O)c2nc(CI)c(N)nc2N)N3)c2ccccc21. The zero-order valence-electron chi connectivity index (χ0n) is 19.1. The lowest BCUT2D eigenvalue weighted by Gasteiger charge is -2.38. The molecule has 12 nitrogen and oxygen atoms in total. The van der Waals surface area contributed by atoms with Gasteiger partial charge in [0.1, 0.15) is 5.82 Å². The number of aromatic nitrogens is 4. The Kier molecular flexibility index (Phi) is 5.94. The van der Waals surface area contributed by atoms with E-state index >= 15 is 0 Å². The number of rotatable bonds is 3. The monoisotopic (exact) mass is 588 g/mol. The van der Waals surface area contributed by atoms with Crippen LogP contribution in [0.3, 0.4) is 0 Å². The standard InChI is InChI=1S/C22H25IN10O2/c1-32-14-5-3-2-4-12(14)15(31-32)20(35)33-8-6-22(7-9-33)11-26-21(30-22)29-19(34)16-18(25)28-17(24)13(10-23)27-16/h2-5H,6-11H2,1H3,(H4,24,25,28)(H2,26,29,30,34). The van der Waals surface area contributed by atoms with Crippen molar-refractivity contribution in [2.75, 3.05) is 31.1 Å². The number of alkyl halides is 1. The molecule has 2 amide bonds. The van der Waals surface area contributed by atoms with Gasteiger partial charge in [0.2, 0.25) is 0 Å². The molecule has 2 aliphatic heterocycles. The number of aliphatic imine (C=N–C) groups is 1. The lowest BCUT2D eigenvalue weighted by molar-refractivity contribution is 0.0664. The number of guanidine groups is 1. The Morgan fingerprint density at radius 1 is 1.14 bits per heavy atom. The minimum Gasteiger partial charge on any atom is -0.382 e. The van der Waals surface area contributed by atoms with Gasteiger partial charge in [0.05, 0.1) is 16.7 Å². The summed E-state index contributed by atoms with van der Waals surface area (Å²) in [4.78, 5) is 40.2. The first-order valence-corrected chi connectivity index (χ1v) is 12.7. The number of nitrogens with two attached hydrogens (primary N) is 2. The molecule has 0 bridgehead atoms. The van der Waals surface area contributed by atoms with Crippen LogP contribution in [0.2, 0.25) is 0 Å². The number of carbonyl (C=O) groups excluding carboxylic acids is 2. The van der Waals surface area contributed by atoms with Gasteiger partial charge < -0.3 is 27.0 Å². The van der Waals surface area contributed by atoms with Gasteiger partial charge in [0, 0.05) is 36.5 Å². The summed E-state index contributed by atoms with van der Waals surface area (Å²) < 4.78 is 2.23. The summed E-state index contributed by atoms with van der Waals surface area (Å²) in [6.07, 6.45) is 1.40. The predicted octanol–water partition coefficient (Wildman–Crippen LogP) is 0.827. The van der Waals surface area contributed by atoms with Crippen LogP contribution in [-0.2, 0) is 11.5 Å². The molecule has 13 heteroatoms. The summed E-state index contributed by atoms with van der Waals surface area (Å²) in [7, 11) is 1.84. The van der Waals surface area contributed by atoms with Crippen LogP contribution in [0, 0.1) is 0 Å². The third-order valence-corrected chi connectivity index (χ3v) is 7.24. The molecule has 0 radical (unpaired) electrons. The van der Waals surface area contributed by atoms with Crippen molar-refractivity contribution < 1.29 is 9.59 Å². The number of para-hydroxylation sites is 1. The average Bonchev–Trinajstić information content (AvgIpc) is 3.40. The molecule has 0 aliphatic carbocycles. The number of nitrogens with one attached hydrogen (secondary N) is 2. The number of fused-ring (bicyclic) bond motifs is 1. The summed E-state index contributed by atoms with van der Waals surface area (Å²) in [6, 6.07) is 7.72. The van der Waals surface area contributed by atoms with Crippen LogP contribution in [0.25, 0.3) is 10.9 Å². The molecule has 3 aromatic rings. The topological polar surface area (TPSA) is 169 Å². The molecule has 5 rings (SSSR count). The number of hydrogen-bond acceptors (Lipinski definition) is 7. The first kappa shape index (κ1) is 23.3. The quantitative estimate of drug-likeness (QED) is 0.256. The number of piperidine rings is 1. The van der Waals surface area contributed by atoms with Gasteiger partial charge in [-0.15, -0.1) is 0 Å². The molecule has 0 saturated carbocycles. The van der Waals surface area contributed by atoms with E-state index in [1.165, 1.54) is 0 Å². The van der Waals surface area contributed by atoms with E-state index in [1.807, 2.05) is 36.2 Å². The number of likely N-dealkylation sites (tertiary alicyclic amines) is 1. The first-order chi connectivity index (χ1) is 16.8. The maximum absolute atomic E-state index is 13.2. The molecular weight excluding hydrogens is 563 g/mol. The van der Waals surface area contributed by atoms with E-state index in [0.29, 0.717) is 54.3 Å². The van der Waals surface area contributed by atoms with Gasteiger partial charge in [-0.2, -0.15) is 10.1 Å². The second kappa shape index (κ2) is 8.94. The van der Waals surface area contributed by atoms with Crippen molar-refractivity contribution in [1.82, 2.24) is 35.3 Å². The number of halogens is 1. The Hall–Kier alpha value is -3.49. The molecular formula is C22H25IN10O2. The largest absolute Gasteiger partial charge is 0.382 e. The molecule has 1 aromatic carbocycles. The minimum absolute atomic E-state index is 0.0223.